The average Bonchev–Trinajstić information content (AvgIpc) is 3.10. The smallest absolute Gasteiger partial charge is 0.410 e. The summed E-state index contributed by atoms with van der Waals surface area (Å²) < 4.78 is 5.38. The van der Waals surface area contributed by atoms with Crippen molar-refractivity contribution < 1.29 is 14.3 Å². The first-order chi connectivity index (χ1) is 9.26. The van der Waals surface area contributed by atoms with Crippen LogP contribution in [0, 0.1) is 5.92 Å². The lowest BCUT2D eigenvalue weighted by molar-refractivity contribution is -0.136. The van der Waals surface area contributed by atoms with Crippen LogP contribution >= 0.6 is 0 Å². The Morgan fingerprint density at radius 1 is 1.20 bits per heavy atom. The van der Waals surface area contributed by atoms with E-state index in [9.17, 15) is 9.59 Å². The summed E-state index contributed by atoms with van der Waals surface area (Å²) in [5, 5.41) is 0. The number of carbonyl (C=O) groups is 2. The molecule has 0 radical (unpaired) electrons. The van der Waals surface area contributed by atoms with Gasteiger partial charge in [0.2, 0.25) is 5.91 Å². The third-order valence-corrected chi connectivity index (χ3v) is 3.76. The van der Waals surface area contributed by atoms with Gasteiger partial charge >= 0.3 is 6.09 Å². The highest BCUT2D eigenvalue weighted by molar-refractivity contribution is 5.77. The van der Waals surface area contributed by atoms with Crippen LogP contribution in [-0.4, -0.2) is 53.1 Å². The molecule has 0 N–H and O–H groups in total. The standard InChI is InChI=1S/C15H26N2O3/c1-11-10-16(14(19)20-15(2,3)4)7-8-17(11)13(18)9-12-5-6-12/h11-12H,5-10H2,1-4H3/t11-/m1/s1. The van der Waals surface area contributed by atoms with Crippen LogP contribution in [0.3, 0.4) is 0 Å². The van der Waals surface area contributed by atoms with Crippen molar-refractivity contribution in [1.29, 1.82) is 0 Å². The first kappa shape index (κ1) is 15.1. The molecule has 2 aliphatic rings. The van der Waals surface area contributed by atoms with Crippen LogP contribution in [0.4, 0.5) is 4.79 Å². The Morgan fingerprint density at radius 2 is 1.85 bits per heavy atom. The molecular formula is C15H26N2O3. The Hall–Kier alpha value is -1.26. The van der Waals surface area contributed by atoms with Crippen molar-refractivity contribution >= 4 is 12.0 Å². The molecule has 1 aliphatic carbocycles. The molecule has 20 heavy (non-hydrogen) atoms. The van der Waals surface area contributed by atoms with E-state index in [-0.39, 0.29) is 18.0 Å². The summed E-state index contributed by atoms with van der Waals surface area (Å²) in [5.74, 6) is 0.849. The predicted molar refractivity (Wildman–Crippen MR) is 76.3 cm³/mol. The molecule has 114 valence electrons. The van der Waals surface area contributed by atoms with Crippen LogP contribution in [0.15, 0.2) is 0 Å². The second-order valence-electron chi connectivity index (χ2n) is 7.01. The highest BCUT2D eigenvalue weighted by Crippen LogP contribution is 2.33. The van der Waals surface area contributed by atoms with Crippen LogP contribution < -0.4 is 0 Å². The molecule has 1 atom stereocenters. The fourth-order valence-corrected chi connectivity index (χ4v) is 2.51. The molecule has 2 amide bonds. The summed E-state index contributed by atoms with van der Waals surface area (Å²) in [7, 11) is 0. The Kier molecular flexibility index (Phi) is 4.25. The predicted octanol–water partition coefficient (Wildman–Crippen LogP) is 2.25. The van der Waals surface area contributed by atoms with Crippen molar-refractivity contribution in [3.63, 3.8) is 0 Å². The molecule has 0 aromatic carbocycles. The molecule has 1 heterocycles. The number of hydrogen-bond donors (Lipinski definition) is 0. The molecule has 0 aromatic heterocycles. The summed E-state index contributed by atoms with van der Waals surface area (Å²) in [4.78, 5) is 27.8. The van der Waals surface area contributed by atoms with Crippen LogP contribution in [0.1, 0.15) is 47.0 Å². The van der Waals surface area contributed by atoms with Gasteiger partial charge in [0, 0.05) is 32.1 Å². The second-order valence-corrected chi connectivity index (χ2v) is 7.01. The molecule has 2 fully saturated rings. The summed E-state index contributed by atoms with van der Waals surface area (Å²) in [6.45, 7) is 9.34. The zero-order valence-corrected chi connectivity index (χ0v) is 13.0. The largest absolute Gasteiger partial charge is 0.444 e. The maximum atomic E-state index is 12.2. The van der Waals surface area contributed by atoms with Gasteiger partial charge in [-0.05, 0) is 46.5 Å². The summed E-state index contributed by atoms with van der Waals surface area (Å²) in [6.07, 6.45) is 2.78. The van der Waals surface area contributed by atoms with E-state index in [0.717, 1.165) is 0 Å². The van der Waals surface area contributed by atoms with Crippen molar-refractivity contribution in [3.8, 4) is 0 Å². The van der Waals surface area contributed by atoms with Gasteiger partial charge in [0.1, 0.15) is 5.60 Å². The molecule has 0 unspecified atom stereocenters. The molecule has 2 rings (SSSR count). The quantitative estimate of drug-likeness (QED) is 0.780. The Morgan fingerprint density at radius 3 is 2.35 bits per heavy atom. The third kappa shape index (κ3) is 4.12. The van der Waals surface area contributed by atoms with E-state index >= 15 is 0 Å². The van der Waals surface area contributed by atoms with E-state index in [1.807, 2.05) is 32.6 Å². The number of ether oxygens (including phenoxy) is 1. The molecule has 1 saturated carbocycles. The molecule has 5 nitrogen and oxygen atoms in total. The van der Waals surface area contributed by atoms with Crippen LogP contribution in [-0.2, 0) is 9.53 Å². The summed E-state index contributed by atoms with van der Waals surface area (Å²) >= 11 is 0. The lowest BCUT2D eigenvalue weighted by atomic mass is 10.1. The minimum Gasteiger partial charge on any atom is -0.444 e. The van der Waals surface area contributed by atoms with Gasteiger partial charge in [0.25, 0.3) is 0 Å². The molecule has 0 spiro atoms. The van der Waals surface area contributed by atoms with E-state index in [2.05, 4.69) is 0 Å². The Bertz CT molecular complexity index is 385. The maximum absolute atomic E-state index is 12.2. The van der Waals surface area contributed by atoms with Crippen molar-refractivity contribution in [3.05, 3.63) is 0 Å². The first-order valence-electron chi connectivity index (χ1n) is 7.53. The highest BCUT2D eigenvalue weighted by Gasteiger charge is 2.34. The molecule has 0 aromatic rings. The molecule has 5 heteroatoms. The lowest BCUT2D eigenvalue weighted by Crippen LogP contribution is -2.56. The molecule has 0 bridgehead atoms. The molecule has 1 saturated heterocycles. The fraction of sp³-hybridized carbons (Fsp3) is 0.867. The number of amides is 2. The highest BCUT2D eigenvalue weighted by atomic mass is 16.6. The summed E-state index contributed by atoms with van der Waals surface area (Å²) in [6, 6.07) is 0.0718. The van der Waals surface area contributed by atoms with Gasteiger partial charge in [-0.15, -0.1) is 0 Å². The van der Waals surface area contributed by atoms with E-state index in [4.69, 9.17) is 4.74 Å². The number of rotatable bonds is 2. The lowest BCUT2D eigenvalue weighted by Gasteiger charge is -2.40. The minimum absolute atomic E-state index is 0.0718. The first-order valence-corrected chi connectivity index (χ1v) is 7.53. The SMILES string of the molecule is C[C@@H]1CN(C(=O)OC(C)(C)C)CCN1C(=O)CC1CC1. The number of hydrogen-bond acceptors (Lipinski definition) is 3. The van der Waals surface area contributed by atoms with E-state index in [0.29, 0.717) is 32.0 Å². The zero-order chi connectivity index (χ0) is 14.9. The minimum atomic E-state index is -0.473. The average molecular weight is 282 g/mol. The van der Waals surface area contributed by atoms with Crippen molar-refractivity contribution in [2.24, 2.45) is 5.92 Å². The van der Waals surface area contributed by atoms with Gasteiger partial charge in [0.15, 0.2) is 0 Å². The van der Waals surface area contributed by atoms with Gasteiger partial charge in [0.05, 0.1) is 0 Å². The van der Waals surface area contributed by atoms with E-state index in [1.165, 1.54) is 12.8 Å². The van der Waals surface area contributed by atoms with Crippen molar-refractivity contribution in [2.75, 3.05) is 19.6 Å². The topological polar surface area (TPSA) is 49.9 Å². The van der Waals surface area contributed by atoms with Crippen LogP contribution in [0.5, 0.6) is 0 Å². The molecule has 1 aliphatic heterocycles. The normalized spacial score (nSPS) is 23.7. The van der Waals surface area contributed by atoms with Crippen LogP contribution in [0.2, 0.25) is 0 Å². The van der Waals surface area contributed by atoms with E-state index in [1.54, 1.807) is 4.90 Å². The fourth-order valence-electron chi connectivity index (χ4n) is 2.51. The van der Waals surface area contributed by atoms with Gasteiger partial charge in [-0.25, -0.2) is 4.79 Å². The Balaban J connectivity index is 1.84. The number of nitrogens with zero attached hydrogens (tertiary/aromatic N) is 2. The summed E-state index contributed by atoms with van der Waals surface area (Å²) in [5.41, 5.74) is -0.473. The van der Waals surface area contributed by atoms with Gasteiger partial charge in [-0.1, -0.05) is 0 Å². The number of piperazine rings is 1. The zero-order valence-electron chi connectivity index (χ0n) is 13.0. The number of carbonyl (C=O) groups excluding carboxylic acids is 2. The third-order valence-electron chi connectivity index (χ3n) is 3.76. The van der Waals surface area contributed by atoms with Gasteiger partial charge in [-0.3, -0.25) is 4.79 Å². The molecular weight excluding hydrogens is 256 g/mol. The second kappa shape index (κ2) is 5.62. The van der Waals surface area contributed by atoms with E-state index < -0.39 is 5.60 Å². The monoisotopic (exact) mass is 282 g/mol. The van der Waals surface area contributed by atoms with Gasteiger partial charge in [-0.2, -0.15) is 0 Å². The Labute approximate surface area is 121 Å². The van der Waals surface area contributed by atoms with Gasteiger partial charge < -0.3 is 14.5 Å². The van der Waals surface area contributed by atoms with Crippen molar-refractivity contribution in [1.82, 2.24) is 9.80 Å². The van der Waals surface area contributed by atoms with Crippen LogP contribution in [0.25, 0.3) is 0 Å². The van der Waals surface area contributed by atoms with Crippen molar-refractivity contribution in [2.45, 2.75) is 58.6 Å². The maximum Gasteiger partial charge on any atom is 0.410 e.